The van der Waals surface area contributed by atoms with Gasteiger partial charge in [-0.1, -0.05) is 6.07 Å². The topological polar surface area (TPSA) is 88.6 Å². The van der Waals surface area contributed by atoms with Gasteiger partial charge in [0.25, 0.3) is 0 Å². The number of hydrogen-bond donors (Lipinski definition) is 2. The van der Waals surface area contributed by atoms with E-state index in [1.54, 1.807) is 6.33 Å². The van der Waals surface area contributed by atoms with Gasteiger partial charge >= 0.3 is 0 Å². The molecule has 148 valence electrons. The highest BCUT2D eigenvalue weighted by Gasteiger charge is 2.22. The van der Waals surface area contributed by atoms with E-state index in [1.165, 1.54) is 0 Å². The maximum atomic E-state index is 5.74. The van der Waals surface area contributed by atoms with Crippen LogP contribution in [0.4, 0.5) is 5.95 Å². The average Bonchev–Trinajstić information content (AvgIpc) is 3.18. The lowest BCUT2D eigenvalue weighted by Crippen LogP contribution is -2.30. The number of rotatable bonds is 5. The van der Waals surface area contributed by atoms with Gasteiger partial charge in [-0.2, -0.15) is 4.98 Å². The van der Waals surface area contributed by atoms with Crippen LogP contribution < -0.4 is 5.32 Å². The van der Waals surface area contributed by atoms with Crippen LogP contribution in [0.2, 0.25) is 0 Å². The zero-order chi connectivity index (χ0) is 19.6. The van der Waals surface area contributed by atoms with Gasteiger partial charge in [0.2, 0.25) is 5.95 Å². The monoisotopic (exact) mass is 388 g/mol. The molecule has 29 heavy (non-hydrogen) atoms. The molecule has 4 aromatic rings. The highest BCUT2D eigenvalue weighted by molar-refractivity contribution is 5.96. The van der Waals surface area contributed by atoms with Crippen LogP contribution in [0.1, 0.15) is 32.6 Å². The molecule has 1 aliphatic carbocycles. The number of H-pyrrole nitrogens is 1. The van der Waals surface area contributed by atoms with Gasteiger partial charge in [-0.25, -0.2) is 15.0 Å². The third kappa shape index (κ3) is 3.65. The van der Waals surface area contributed by atoms with Crippen LogP contribution in [0.15, 0.2) is 43.1 Å². The quantitative estimate of drug-likeness (QED) is 0.529. The zero-order valence-corrected chi connectivity index (χ0v) is 16.4. The van der Waals surface area contributed by atoms with Gasteiger partial charge in [0.15, 0.2) is 0 Å². The molecule has 0 radical (unpaired) electrons. The van der Waals surface area contributed by atoms with Crippen molar-refractivity contribution in [3.05, 3.63) is 43.1 Å². The predicted octanol–water partition coefficient (Wildman–Crippen LogP) is 4.33. The summed E-state index contributed by atoms with van der Waals surface area (Å²) in [7, 11) is 0. The second kappa shape index (κ2) is 7.75. The van der Waals surface area contributed by atoms with Gasteiger partial charge < -0.3 is 15.0 Å². The fourth-order valence-corrected chi connectivity index (χ4v) is 4.16. The molecule has 0 unspecified atom stereocenters. The molecule has 0 aliphatic heterocycles. The number of nitrogens with one attached hydrogen (secondary N) is 2. The van der Waals surface area contributed by atoms with Crippen molar-refractivity contribution < 1.29 is 4.74 Å². The van der Waals surface area contributed by atoms with Gasteiger partial charge in [-0.3, -0.25) is 0 Å². The van der Waals surface area contributed by atoms with Crippen LogP contribution in [0.3, 0.4) is 0 Å². The van der Waals surface area contributed by atoms with Crippen molar-refractivity contribution in [3.63, 3.8) is 0 Å². The Morgan fingerprint density at radius 2 is 2.03 bits per heavy atom. The van der Waals surface area contributed by atoms with Crippen LogP contribution in [0, 0.1) is 0 Å². The second-order valence-corrected chi connectivity index (χ2v) is 7.53. The Hall–Kier alpha value is -3.06. The van der Waals surface area contributed by atoms with E-state index < -0.39 is 0 Å². The van der Waals surface area contributed by atoms with Crippen molar-refractivity contribution in [1.29, 1.82) is 0 Å². The maximum absolute atomic E-state index is 5.74. The predicted molar refractivity (Wildman–Crippen MR) is 114 cm³/mol. The SMILES string of the molecule is CCO[C@H]1CC[C@@H](Nc2ncc3c(-c4ccc5ncncc5c4)c[nH]c3n2)CC1. The summed E-state index contributed by atoms with van der Waals surface area (Å²) in [4.78, 5) is 21.0. The minimum Gasteiger partial charge on any atom is -0.379 e. The largest absolute Gasteiger partial charge is 0.379 e. The van der Waals surface area contributed by atoms with Crippen LogP contribution in [0.25, 0.3) is 33.1 Å². The summed E-state index contributed by atoms with van der Waals surface area (Å²) in [6.45, 7) is 2.85. The summed E-state index contributed by atoms with van der Waals surface area (Å²) >= 11 is 0. The molecule has 0 amide bonds. The molecule has 3 heterocycles. The van der Waals surface area contributed by atoms with E-state index in [0.717, 1.165) is 65.4 Å². The van der Waals surface area contributed by atoms with Crippen molar-refractivity contribution >= 4 is 27.9 Å². The summed E-state index contributed by atoms with van der Waals surface area (Å²) in [5, 5.41) is 5.52. The first-order chi connectivity index (χ1) is 14.3. The molecule has 0 bridgehead atoms. The Labute approximate surface area is 169 Å². The number of ether oxygens (including phenoxy) is 1. The third-order valence-corrected chi connectivity index (χ3v) is 5.66. The third-order valence-electron chi connectivity index (χ3n) is 5.66. The number of anilines is 1. The van der Waals surface area contributed by atoms with Crippen molar-refractivity contribution in [2.45, 2.75) is 44.8 Å². The molecule has 7 nitrogen and oxygen atoms in total. The molecule has 0 atom stereocenters. The van der Waals surface area contributed by atoms with Crippen LogP contribution in [-0.4, -0.2) is 43.7 Å². The minimum absolute atomic E-state index is 0.402. The van der Waals surface area contributed by atoms with Crippen molar-refractivity contribution in [2.24, 2.45) is 0 Å². The molecule has 5 rings (SSSR count). The Morgan fingerprint density at radius 1 is 1.14 bits per heavy atom. The zero-order valence-electron chi connectivity index (χ0n) is 16.4. The first-order valence-corrected chi connectivity index (χ1v) is 10.2. The summed E-state index contributed by atoms with van der Waals surface area (Å²) in [6.07, 6.45) is 12.0. The van der Waals surface area contributed by atoms with Crippen LogP contribution in [0.5, 0.6) is 0 Å². The lowest BCUT2D eigenvalue weighted by atomic mass is 9.93. The molecule has 1 aliphatic rings. The first kappa shape index (κ1) is 18.0. The minimum atomic E-state index is 0.402. The van der Waals surface area contributed by atoms with Gasteiger partial charge in [0.05, 0.1) is 11.6 Å². The number of aromatic amines is 1. The standard InChI is InChI=1S/C22H24N6O/c1-2-29-17-6-4-16(5-7-17)27-22-25-12-19-18(11-24-21(19)28-22)14-3-8-20-15(9-14)10-23-13-26-20/h3,8-13,16-17H,2,4-7H2,1H3,(H2,24,25,27,28)/t16-,17+. The molecular weight excluding hydrogens is 364 g/mol. The molecular formula is C22H24N6O. The Balaban J connectivity index is 1.36. The average molecular weight is 388 g/mol. The fourth-order valence-electron chi connectivity index (χ4n) is 4.16. The van der Waals surface area contributed by atoms with Crippen molar-refractivity contribution in [3.8, 4) is 11.1 Å². The van der Waals surface area contributed by atoms with Gasteiger partial charge in [0, 0.05) is 47.6 Å². The van der Waals surface area contributed by atoms with Gasteiger partial charge in [0.1, 0.15) is 12.0 Å². The van der Waals surface area contributed by atoms with Crippen LogP contribution >= 0.6 is 0 Å². The van der Waals surface area contributed by atoms with E-state index in [9.17, 15) is 0 Å². The number of hydrogen-bond acceptors (Lipinski definition) is 6. The molecule has 3 aromatic heterocycles. The Morgan fingerprint density at radius 3 is 2.90 bits per heavy atom. The van der Waals surface area contributed by atoms with E-state index in [0.29, 0.717) is 18.1 Å². The van der Waals surface area contributed by atoms with Gasteiger partial charge in [-0.05, 0) is 50.3 Å². The molecule has 2 N–H and O–H groups in total. The van der Waals surface area contributed by atoms with E-state index >= 15 is 0 Å². The van der Waals surface area contributed by atoms with E-state index in [1.807, 2.05) is 24.7 Å². The van der Waals surface area contributed by atoms with Crippen molar-refractivity contribution in [2.75, 3.05) is 11.9 Å². The lowest BCUT2D eigenvalue weighted by molar-refractivity contribution is 0.0346. The number of aromatic nitrogens is 5. The smallest absolute Gasteiger partial charge is 0.224 e. The number of benzene rings is 1. The van der Waals surface area contributed by atoms with E-state index in [4.69, 9.17) is 9.72 Å². The summed E-state index contributed by atoms with van der Waals surface area (Å²) in [5.74, 6) is 0.678. The molecule has 0 spiro atoms. The molecule has 1 aromatic carbocycles. The Kier molecular flexibility index (Phi) is 4.81. The lowest BCUT2D eigenvalue weighted by Gasteiger charge is -2.28. The summed E-state index contributed by atoms with van der Waals surface area (Å²) in [6, 6.07) is 6.58. The second-order valence-electron chi connectivity index (χ2n) is 7.53. The first-order valence-electron chi connectivity index (χ1n) is 10.2. The highest BCUT2D eigenvalue weighted by atomic mass is 16.5. The van der Waals surface area contributed by atoms with Crippen LogP contribution in [-0.2, 0) is 4.74 Å². The molecule has 1 saturated carbocycles. The van der Waals surface area contributed by atoms with Gasteiger partial charge in [-0.15, -0.1) is 0 Å². The highest BCUT2D eigenvalue weighted by Crippen LogP contribution is 2.30. The number of nitrogens with zero attached hydrogens (tertiary/aromatic N) is 4. The van der Waals surface area contributed by atoms with E-state index in [2.05, 4.69) is 44.3 Å². The Bertz CT molecular complexity index is 1130. The molecule has 7 heteroatoms. The summed E-state index contributed by atoms with van der Waals surface area (Å²) < 4.78 is 5.74. The fraction of sp³-hybridized carbons (Fsp3) is 0.364. The van der Waals surface area contributed by atoms with Crippen molar-refractivity contribution in [1.82, 2.24) is 24.9 Å². The normalized spacial score (nSPS) is 19.6. The molecule has 1 fully saturated rings. The maximum Gasteiger partial charge on any atom is 0.224 e. The van der Waals surface area contributed by atoms with E-state index in [-0.39, 0.29) is 0 Å². The molecule has 0 saturated heterocycles. The summed E-state index contributed by atoms with van der Waals surface area (Å²) in [5.41, 5.74) is 3.95. The number of fused-ring (bicyclic) bond motifs is 2.